The van der Waals surface area contributed by atoms with E-state index in [0.717, 1.165) is 31.5 Å². The standard InChI is InChI=1S/C13H19N3O2/c1-10-4-5-12(9-17)16(10)13(18)15-7-6-11(8-15)14(2)3/h4-5,9,11H,6-8H2,1-3H3/t11-/m0/s1. The first-order valence-electron chi connectivity index (χ1n) is 6.14. The highest BCUT2D eigenvalue weighted by atomic mass is 16.2. The molecule has 1 aromatic rings. The van der Waals surface area contributed by atoms with Crippen LogP contribution in [-0.2, 0) is 0 Å². The van der Waals surface area contributed by atoms with E-state index in [0.29, 0.717) is 11.7 Å². The largest absolute Gasteiger partial charge is 0.328 e. The summed E-state index contributed by atoms with van der Waals surface area (Å²) in [5.74, 6) is 0. The highest BCUT2D eigenvalue weighted by Crippen LogP contribution is 2.16. The number of aryl methyl sites for hydroxylation is 1. The lowest BCUT2D eigenvalue weighted by atomic mass is 10.2. The highest BCUT2D eigenvalue weighted by molar-refractivity contribution is 5.86. The molecule has 98 valence electrons. The zero-order valence-corrected chi connectivity index (χ0v) is 11.1. The van der Waals surface area contributed by atoms with Crippen LogP contribution < -0.4 is 0 Å². The highest BCUT2D eigenvalue weighted by Gasteiger charge is 2.29. The Morgan fingerprint density at radius 2 is 2.17 bits per heavy atom. The lowest BCUT2D eigenvalue weighted by Crippen LogP contribution is -2.37. The van der Waals surface area contributed by atoms with Crippen molar-refractivity contribution in [1.29, 1.82) is 0 Å². The minimum atomic E-state index is -0.0936. The molecular weight excluding hydrogens is 230 g/mol. The Morgan fingerprint density at radius 1 is 1.44 bits per heavy atom. The maximum absolute atomic E-state index is 12.4. The third kappa shape index (κ3) is 2.18. The lowest BCUT2D eigenvalue weighted by Gasteiger charge is -2.21. The first-order valence-corrected chi connectivity index (χ1v) is 6.14. The predicted molar refractivity (Wildman–Crippen MR) is 69.0 cm³/mol. The smallest absolute Gasteiger partial charge is 0.322 e. The molecule has 1 aromatic heterocycles. The van der Waals surface area contributed by atoms with E-state index >= 15 is 0 Å². The number of aldehydes is 1. The van der Waals surface area contributed by atoms with Crippen LogP contribution in [0.5, 0.6) is 0 Å². The van der Waals surface area contributed by atoms with Crippen LogP contribution in [0, 0.1) is 6.92 Å². The Labute approximate surface area is 107 Å². The first-order chi connectivity index (χ1) is 8.54. The summed E-state index contributed by atoms with van der Waals surface area (Å²) < 4.78 is 1.49. The summed E-state index contributed by atoms with van der Waals surface area (Å²) in [5, 5.41) is 0. The summed E-state index contributed by atoms with van der Waals surface area (Å²) in [7, 11) is 4.05. The number of likely N-dealkylation sites (N-methyl/N-ethyl adjacent to an activating group) is 1. The number of likely N-dealkylation sites (tertiary alicyclic amines) is 1. The van der Waals surface area contributed by atoms with Crippen molar-refractivity contribution in [3.8, 4) is 0 Å². The maximum Gasteiger partial charge on any atom is 0.328 e. The van der Waals surface area contributed by atoms with E-state index in [9.17, 15) is 9.59 Å². The molecule has 0 N–H and O–H groups in total. The molecule has 0 spiro atoms. The zero-order valence-electron chi connectivity index (χ0n) is 11.1. The van der Waals surface area contributed by atoms with Crippen LogP contribution in [0.1, 0.15) is 22.6 Å². The number of hydrogen-bond donors (Lipinski definition) is 0. The molecule has 5 heteroatoms. The summed E-state index contributed by atoms with van der Waals surface area (Å²) in [5.41, 5.74) is 1.22. The number of nitrogens with zero attached hydrogens (tertiary/aromatic N) is 3. The molecule has 1 atom stereocenters. The van der Waals surface area contributed by atoms with Crippen molar-refractivity contribution in [3.05, 3.63) is 23.5 Å². The molecule has 2 heterocycles. The molecule has 0 radical (unpaired) electrons. The summed E-state index contributed by atoms with van der Waals surface area (Å²) >= 11 is 0. The van der Waals surface area contributed by atoms with E-state index in [1.165, 1.54) is 4.57 Å². The van der Waals surface area contributed by atoms with E-state index in [1.54, 1.807) is 12.1 Å². The average Bonchev–Trinajstić information content (AvgIpc) is 2.94. The van der Waals surface area contributed by atoms with Crippen molar-refractivity contribution < 1.29 is 9.59 Å². The fourth-order valence-electron chi connectivity index (χ4n) is 2.39. The summed E-state index contributed by atoms with van der Waals surface area (Å²) in [6, 6.07) is 3.79. The third-order valence-corrected chi connectivity index (χ3v) is 3.58. The van der Waals surface area contributed by atoms with E-state index < -0.39 is 0 Å². The van der Waals surface area contributed by atoms with Crippen LogP contribution in [0.25, 0.3) is 0 Å². The number of carbonyl (C=O) groups is 2. The van der Waals surface area contributed by atoms with Crippen molar-refractivity contribution in [2.45, 2.75) is 19.4 Å². The molecule has 18 heavy (non-hydrogen) atoms. The molecule has 1 fully saturated rings. The van der Waals surface area contributed by atoms with Crippen molar-refractivity contribution in [3.63, 3.8) is 0 Å². The van der Waals surface area contributed by atoms with E-state index in [4.69, 9.17) is 0 Å². The van der Waals surface area contributed by atoms with Crippen LogP contribution in [0.2, 0.25) is 0 Å². The average molecular weight is 249 g/mol. The second-order valence-corrected chi connectivity index (χ2v) is 4.99. The molecule has 1 saturated heterocycles. The molecule has 0 unspecified atom stereocenters. The molecule has 5 nitrogen and oxygen atoms in total. The van der Waals surface area contributed by atoms with E-state index in [-0.39, 0.29) is 6.03 Å². The van der Waals surface area contributed by atoms with Gasteiger partial charge in [0.2, 0.25) is 0 Å². The zero-order chi connectivity index (χ0) is 13.3. The van der Waals surface area contributed by atoms with Gasteiger partial charge >= 0.3 is 6.03 Å². The van der Waals surface area contributed by atoms with Crippen LogP contribution in [0.3, 0.4) is 0 Å². The minimum absolute atomic E-state index is 0.0936. The van der Waals surface area contributed by atoms with Gasteiger partial charge in [-0.05, 0) is 39.6 Å². The van der Waals surface area contributed by atoms with Crippen LogP contribution in [0.4, 0.5) is 4.79 Å². The molecule has 0 aromatic carbocycles. The quantitative estimate of drug-likeness (QED) is 0.740. The molecule has 2 rings (SSSR count). The van der Waals surface area contributed by atoms with Gasteiger partial charge in [-0.15, -0.1) is 0 Å². The summed E-state index contributed by atoms with van der Waals surface area (Å²) in [6.45, 7) is 3.31. The second kappa shape index (κ2) is 4.94. The lowest BCUT2D eigenvalue weighted by molar-refractivity contribution is 0.111. The van der Waals surface area contributed by atoms with E-state index in [2.05, 4.69) is 4.90 Å². The Morgan fingerprint density at radius 3 is 2.72 bits per heavy atom. The normalized spacial score (nSPS) is 19.6. The van der Waals surface area contributed by atoms with Gasteiger partial charge in [-0.25, -0.2) is 4.79 Å². The Balaban J connectivity index is 2.17. The van der Waals surface area contributed by atoms with Crippen molar-refractivity contribution >= 4 is 12.3 Å². The Kier molecular flexibility index (Phi) is 3.52. The fraction of sp³-hybridized carbons (Fsp3) is 0.538. The molecular formula is C13H19N3O2. The van der Waals surface area contributed by atoms with Crippen molar-refractivity contribution in [2.75, 3.05) is 27.2 Å². The minimum Gasteiger partial charge on any atom is -0.322 e. The van der Waals surface area contributed by atoms with Crippen LogP contribution in [-0.4, -0.2) is 59.9 Å². The molecule has 1 aliphatic rings. The number of aromatic nitrogens is 1. The van der Waals surface area contributed by atoms with Gasteiger partial charge in [-0.3, -0.25) is 9.36 Å². The summed E-state index contributed by atoms with van der Waals surface area (Å²) in [4.78, 5) is 27.3. The molecule has 1 aliphatic heterocycles. The molecule has 0 bridgehead atoms. The van der Waals surface area contributed by atoms with Gasteiger partial charge in [-0.1, -0.05) is 0 Å². The van der Waals surface area contributed by atoms with Gasteiger partial charge in [0.25, 0.3) is 0 Å². The Bertz CT molecular complexity index is 465. The first kappa shape index (κ1) is 12.8. The van der Waals surface area contributed by atoms with Gasteiger partial charge in [0, 0.05) is 24.8 Å². The van der Waals surface area contributed by atoms with Gasteiger partial charge in [0.1, 0.15) is 0 Å². The third-order valence-electron chi connectivity index (χ3n) is 3.58. The number of rotatable bonds is 2. The van der Waals surface area contributed by atoms with E-state index in [1.807, 2.05) is 25.9 Å². The molecule has 0 saturated carbocycles. The number of amides is 1. The van der Waals surface area contributed by atoms with Crippen LogP contribution in [0.15, 0.2) is 12.1 Å². The topological polar surface area (TPSA) is 45.6 Å². The van der Waals surface area contributed by atoms with Crippen molar-refractivity contribution in [1.82, 2.24) is 14.4 Å². The van der Waals surface area contributed by atoms with Crippen LogP contribution >= 0.6 is 0 Å². The molecule has 0 aliphatic carbocycles. The van der Waals surface area contributed by atoms with Gasteiger partial charge in [-0.2, -0.15) is 0 Å². The second-order valence-electron chi connectivity index (χ2n) is 4.99. The Hall–Kier alpha value is -1.62. The van der Waals surface area contributed by atoms with Crippen molar-refractivity contribution in [2.24, 2.45) is 0 Å². The fourth-order valence-corrected chi connectivity index (χ4v) is 2.39. The molecule has 1 amide bonds. The maximum atomic E-state index is 12.4. The van der Waals surface area contributed by atoms with Gasteiger partial charge in [0.05, 0.1) is 5.69 Å². The SMILES string of the molecule is Cc1ccc(C=O)n1C(=O)N1CC[C@H](N(C)C)C1. The number of hydrogen-bond acceptors (Lipinski definition) is 3. The number of carbonyl (C=O) groups excluding carboxylic acids is 2. The summed E-state index contributed by atoms with van der Waals surface area (Å²) in [6.07, 6.45) is 1.71. The predicted octanol–water partition coefficient (Wildman–Crippen LogP) is 1.21. The van der Waals surface area contributed by atoms with Gasteiger partial charge < -0.3 is 9.80 Å². The van der Waals surface area contributed by atoms with Gasteiger partial charge in [0.15, 0.2) is 6.29 Å². The monoisotopic (exact) mass is 249 g/mol.